The molecule has 0 radical (unpaired) electrons. The molecule has 0 saturated carbocycles. The summed E-state index contributed by atoms with van der Waals surface area (Å²) in [6, 6.07) is 7.34. The van der Waals surface area contributed by atoms with E-state index in [1.165, 1.54) is 0 Å². The van der Waals surface area contributed by atoms with Crippen molar-refractivity contribution < 1.29 is 14.4 Å². The van der Waals surface area contributed by atoms with Crippen molar-refractivity contribution in [3.8, 4) is 0 Å². The lowest BCUT2D eigenvalue weighted by atomic mass is 9.93. The average Bonchev–Trinajstić information content (AvgIpc) is 2.59. The SMILES string of the molecule is NC(=O)[C@H]1Cc2ccccc2CN1C(=O)CCN1CCCCO1. The minimum atomic E-state index is -0.556. The molecule has 0 unspecified atom stereocenters. The molecule has 2 aliphatic rings. The lowest BCUT2D eigenvalue weighted by Crippen LogP contribution is -2.51. The number of hydrogen-bond acceptors (Lipinski definition) is 4. The lowest BCUT2D eigenvalue weighted by molar-refractivity contribution is -0.183. The van der Waals surface area contributed by atoms with Gasteiger partial charge >= 0.3 is 0 Å². The summed E-state index contributed by atoms with van der Waals surface area (Å²) in [6.07, 6.45) is 3.00. The van der Waals surface area contributed by atoms with Crippen molar-refractivity contribution in [2.75, 3.05) is 19.7 Å². The summed E-state index contributed by atoms with van der Waals surface area (Å²) in [5, 5.41) is 1.85. The maximum atomic E-state index is 12.6. The summed E-state index contributed by atoms with van der Waals surface area (Å²) in [7, 11) is 0. The van der Waals surface area contributed by atoms with Gasteiger partial charge in [-0.15, -0.1) is 0 Å². The predicted octanol–water partition coefficient (Wildman–Crippen LogP) is 0.843. The van der Waals surface area contributed by atoms with E-state index in [9.17, 15) is 9.59 Å². The van der Waals surface area contributed by atoms with E-state index >= 15 is 0 Å². The first-order valence-electron chi connectivity index (χ1n) is 8.18. The number of fused-ring (bicyclic) bond motifs is 1. The summed E-state index contributed by atoms with van der Waals surface area (Å²) in [6.45, 7) is 2.58. The number of carbonyl (C=O) groups is 2. The topological polar surface area (TPSA) is 75.9 Å². The van der Waals surface area contributed by atoms with Crippen LogP contribution < -0.4 is 5.73 Å². The minimum absolute atomic E-state index is 0.0440. The van der Waals surface area contributed by atoms with E-state index in [4.69, 9.17) is 10.6 Å². The molecular formula is C17H23N3O3. The number of rotatable bonds is 4. The fourth-order valence-electron chi connectivity index (χ4n) is 3.23. The van der Waals surface area contributed by atoms with Gasteiger partial charge in [0.05, 0.1) is 6.61 Å². The van der Waals surface area contributed by atoms with Gasteiger partial charge in [-0.3, -0.25) is 14.4 Å². The Morgan fingerprint density at radius 1 is 1.22 bits per heavy atom. The van der Waals surface area contributed by atoms with Crippen LogP contribution in [0.25, 0.3) is 0 Å². The molecule has 0 spiro atoms. The standard InChI is InChI=1S/C17H23N3O3/c18-17(22)15-11-13-5-1-2-6-14(13)12-20(15)16(21)7-9-19-8-3-4-10-23-19/h1-2,5-6,15H,3-4,7-12H2,(H2,18,22)/t15-/m1/s1. The number of primary amides is 1. The zero-order chi connectivity index (χ0) is 16.2. The smallest absolute Gasteiger partial charge is 0.240 e. The Morgan fingerprint density at radius 2 is 2.00 bits per heavy atom. The van der Waals surface area contributed by atoms with Crippen LogP contribution in [0.3, 0.4) is 0 Å². The van der Waals surface area contributed by atoms with Gasteiger partial charge in [-0.1, -0.05) is 24.3 Å². The number of benzene rings is 1. The fourth-order valence-corrected chi connectivity index (χ4v) is 3.23. The van der Waals surface area contributed by atoms with Crippen LogP contribution in [0, 0.1) is 0 Å². The van der Waals surface area contributed by atoms with Gasteiger partial charge in [0, 0.05) is 32.5 Å². The molecule has 1 atom stereocenters. The monoisotopic (exact) mass is 317 g/mol. The van der Waals surface area contributed by atoms with Crippen molar-refractivity contribution in [3.05, 3.63) is 35.4 Å². The van der Waals surface area contributed by atoms with Crippen LogP contribution >= 0.6 is 0 Å². The highest BCUT2D eigenvalue weighted by molar-refractivity contribution is 5.87. The molecule has 1 aromatic carbocycles. The third kappa shape index (κ3) is 3.71. The molecule has 1 saturated heterocycles. The molecule has 2 amide bonds. The zero-order valence-corrected chi connectivity index (χ0v) is 13.2. The lowest BCUT2D eigenvalue weighted by Gasteiger charge is -2.35. The maximum absolute atomic E-state index is 12.6. The molecule has 0 aromatic heterocycles. The van der Waals surface area contributed by atoms with Crippen LogP contribution in [0.5, 0.6) is 0 Å². The predicted molar refractivity (Wildman–Crippen MR) is 85.1 cm³/mol. The molecule has 0 bridgehead atoms. The molecule has 1 fully saturated rings. The summed E-state index contributed by atoms with van der Waals surface area (Å²) < 4.78 is 0. The Kier molecular flexibility index (Phi) is 4.93. The van der Waals surface area contributed by atoms with Crippen molar-refractivity contribution in [2.24, 2.45) is 5.73 Å². The first-order chi connectivity index (χ1) is 11.1. The number of amides is 2. The molecular weight excluding hydrogens is 294 g/mol. The van der Waals surface area contributed by atoms with Crippen LogP contribution in [0.4, 0.5) is 0 Å². The summed E-state index contributed by atoms with van der Waals surface area (Å²) >= 11 is 0. The van der Waals surface area contributed by atoms with Crippen LogP contribution in [0.15, 0.2) is 24.3 Å². The molecule has 6 heteroatoms. The molecule has 2 N–H and O–H groups in total. The van der Waals surface area contributed by atoms with E-state index in [0.717, 1.165) is 37.1 Å². The van der Waals surface area contributed by atoms with Crippen LogP contribution in [-0.2, 0) is 27.4 Å². The maximum Gasteiger partial charge on any atom is 0.240 e. The van der Waals surface area contributed by atoms with Gasteiger partial charge in [0.25, 0.3) is 0 Å². The van der Waals surface area contributed by atoms with E-state index in [2.05, 4.69) is 0 Å². The largest absolute Gasteiger partial charge is 0.368 e. The number of hydroxylamine groups is 2. The molecule has 3 rings (SSSR count). The molecule has 2 aliphatic heterocycles. The van der Waals surface area contributed by atoms with Crippen molar-refractivity contribution >= 4 is 11.8 Å². The second-order valence-electron chi connectivity index (χ2n) is 6.13. The molecule has 0 aliphatic carbocycles. The zero-order valence-electron chi connectivity index (χ0n) is 13.2. The van der Waals surface area contributed by atoms with Crippen molar-refractivity contribution in [2.45, 2.75) is 38.3 Å². The Morgan fingerprint density at radius 3 is 2.70 bits per heavy atom. The quantitative estimate of drug-likeness (QED) is 0.893. The Bertz CT molecular complexity index is 584. The second kappa shape index (κ2) is 7.10. The van der Waals surface area contributed by atoms with E-state index < -0.39 is 11.9 Å². The molecule has 1 aromatic rings. The Hall–Kier alpha value is -1.92. The van der Waals surface area contributed by atoms with Gasteiger partial charge in [-0.05, 0) is 24.0 Å². The van der Waals surface area contributed by atoms with Gasteiger partial charge in [0.1, 0.15) is 6.04 Å². The number of hydrogen-bond donors (Lipinski definition) is 1. The highest BCUT2D eigenvalue weighted by atomic mass is 16.7. The minimum Gasteiger partial charge on any atom is -0.368 e. The van der Waals surface area contributed by atoms with Crippen LogP contribution in [0.1, 0.15) is 30.4 Å². The summed E-state index contributed by atoms with van der Waals surface area (Å²) in [4.78, 5) is 31.5. The van der Waals surface area contributed by atoms with Gasteiger partial charge < -0.3 is 10.6 Å². The molecule has 23 heavy (non-hydrogen) atoms. The van der Waals surface area contributed by atoms with Gasteiger partial charge in [-0.25, -0.2) is 0 Å². The third-order valence-corrected chi connectivity index (χ3v) is 4.55. The highest BCUT2D eigenvalue weighted by Crippen LogP contribution is 2.24. The van der Waals surface area contributed by atoms with E-state index in [-0.39, 0.29) is 5.91 Å². The third-order valence-electron chi connectivity index (χ3n) is 4.55. The highest BCUT2D eigenvalue weighted by Gasteiger charge is 2.33. The first-order valence-corrected chi connectivity index (χ1v) is 8.18. The summed E-state index contributed by atoms with van der Waals surface area (Å²) in [5.41, 5.74) is 7.71. The van der Waals surface area contributed by atoms with E-state index in [1.807, 2.05) is 29.3 Å². The molecule has 124 valence electrons. The fraction of sp³-hybridized carbons (Fsp3) is 0.529. The molecule has 6 nitrogen and oxygen atoms in total. The number of nitrogens with two attached hydrogens (primary N) is 1. The molecule has 2 heterocycles. The van der Waals surface area contributed by atoms with Gasteiger partial charge in [0.15, 0.2) is 0 Å². The normalized spacial score (nSPS) is 21.7. The Balaban J connectivity index is 1.66. The average molecular weight is 317 g/mol. The van der Waals surface area contributed by atoms with E-state index in [1.54, 1.807) is 4.90 Å². The van der Waals surface area contributed by atoms with Crippen molar-refractivity contribution in [1.29, 1.82) is 0 Å². The van der Waals surface area contributed by atoms with Gasteiger partial charge in [-0.2, -0.15) is 5.06 Å². The van der Waals surface area contributed by atoms with Crippen LogP contribution in [0.2, 0.25) is 0 Å². The first kappa shape index (κ1) is 16.0. The Labute approximate surface area is 136 Å². The summed E-state index contributed by atoms with van der Waals surface area (Å²) in [5.74, 6) is -0.487. The number of carbonyl (C=O) groups excluding carboxylic acids is 2. The number of nitrogens with zero attached hydrogens (tertiary/aromatic N) is 2. The van der Waals surface area contributed by atoms with E-state index in [0.29, 0.717) is 25.9 Å². The van der Waals surface area contributed by atoms with Gasteiger partial charge in [0.2, 0.25) is 11.8 Å². The van der Waals surface area contributed by atoms with Crippen LogP contribution in [-0.4, -0.2) is 47.5 Å². The van der Waals surface area contributed by atoms with Crippen molar-refractivity contribution in [1.82, 2.24) is 9.96 Å². The van der Waals surface area contributed by atoms with Crippen molar-refractivity contribution in [3.63, 3.8) is 0 Å². The second-order valence-corrected chi connectivity index (χ2v) is 6.13.